The molecular weight excluding hydrogens is 395 g/mol. The molecule has 2 aromatic rings. The highest BCUT2D eigenvalue weighted by atomic mass is 32.2. The average Bonchev–Trinajstić information content (AvgIpc) is 2.70. The van der Waals surface area contributed by atoms with Crippen molar-refractivity contribution in [1.82, 2.24) is 4.31 Å². The second kappa shape index (κ2) is 9.37. The monoisotopic (exact) mass is 420 g/mol. The van der Waals surface area contributed by atoms with Gasteiger partial charge in [0.2, 0.25) is 15.9 Å². The Morgan fingerprint density at radius 1 is 1.17 bits per heavy atom. The van der Waals surface area contributed by atoms with Gasteiger partial charge in [0.1, 0.15) is 11.6 Å². The van der Waals surface area contributed by atoms with Crippen LogP contribution in [-0.4, -0.2) is 38.3 Å². The maximum absolute atomic E-state index is 13.8. The van der Waals surface area contributed by atoms with Gasteiger partial charge in [-0.15, -0.1) is 0 Å². The Hall–Kier alpha value is -2.45. The van der Waals surface area contributed by atoms with Gasteiger partial charge in [-0.1, -0.05) is 24.3 Å². The summed E-state index contributed by atoms with van der Waals surface area (Å²) in [5, 5.41) is 2.87. The van der Waals surface area contributed by atoms with Crippen LogP contribution in [0, 0.1) is 11.7 Å². The number of ether oxygens (including phenoxy) is 1. The highest BCUT2D eigenvalue weighted by molar-refractivity contribution is 7.88. The standard InChI is InChI=1S/C21H25FN2O4S/c1-2-28-19-8-5-7-18(14-19)23-21(25)16-10-12-24(13-11-16)29(26,27)15-17-6-3-4-9-20(17)22/h3-9,14,16H,2,10-13,15H2,1H3,(H,23,25). The number of nitrogens with zero attached hydrogens (tertiary/aromatic N) is 1. The highest BCUT2D eigenvalue weighted by Crippen LogP contribution is 2.24. The third-order valence-corrected chi connectivity index (χ3v) is 6.75. The summed E-state index contributed by atoms with van der Waals surface area (Å²) >= 11 is 0. The van der Waals surface area contributed by atoms with Gasteiger partial charge in [-0.25, -0.2) is 17.1 Å². The molecule has 6 nitrogen and oxygen atoms in total. The number of anilines is 1. The molecule has 29 heavy (non-hydrogen) atoms. The molecule has 0 saturated carbocycles. The van der Waals surface area contributed by atoms with Crippen molar-refractivity contribution in [3.63, 3.8) is 0 Å². The van der Waals surface area contributed by atoms with Crippen molar-refractivity contribution in [2.75, 3.05) is 25.0 Å². The molecule has 1 aliphatic heterocycles. The Bertz CT molecular complexity index is 957. The van der Waals surface area contributed by atoms with E-state index in [-0.39, 0.29) is 36.2 Å². The number of nitrogens with one attached hydrogen (secondary N) is 1. The molecular formula is C21H25FN2O4S. The van der Waals surface area contributed by atoms with Gasteiger partial charge in [0.15, 0.2) is 0 Å². The van der Waals surface area contributed by atoms with Crippen LogP contribution in [0.2, 0.25) is 0 Å². The first-order valence-electron chi connectivity index (χ1n) is 9.64. The maximum Gasteiger partial charge on any atom is 0.227 e. The molecule has 0 aliphatic carbocycles. The molecule has 1 saturated heterocycles. The third kappa shape index (κ3) is 5.55. The van der Waals surface area contributed by atoms with Crippen LogP contribution in [0.3, 0.4) is 0 Å². The smallest absolute Gasteiger partial charge is 0.227 e. The SMILES string of the molecule is CCOc1cccc(NC(=O)C2CCN(S(=O)(=O)Cc3ccccc3F)CC2)c1. The van der Waals surface area contributed by atoms with Crippen LogP contribution in [0.1, 0.15) is 25.3 Å². The molecule has 156 valence electrons. The van der Waals surface area contributed by atoms with Crippen LogP contribution in [0.4, 0.5) is 10.1 Å². The van der Waals surface area contributed by atoms with Crippen LogP contribution in [0.15, 0.2) is 48.5 Å². The zero-order valence-electron chi connectivity index (χ0n) is 16.3. The fourth-order valence-electron chi connectivity index (χ4n) is 3.37. The molecule has 1 N–H and O–H groups in total. The predicted molar refractivity (Wildman–Crippen MR) is 110 cm³/mol. The summed E-state index contributed by atoms with van der Waals surface area (Å²) in [7, 11) is -3.63. The van der Waals surface area contributed by atoms with E-state index in [1.54, 1.807) is 24.3 Å². The number of benzene rings is 2. The Morgan fingerprint density at radius 2 is 1.90 bits per heavy atom. The number of carbonyl (C=O) groups excluding carboxylic acids is 1. The lowest BCUT2D eigenvalue weighted by molar-refractivity contribution is -0.120. The zero-order chi connectivity index (χ0) is 20.9. The molecule has 1 amide bonds. The topological polar surface area (TPSA) is 75.7 Å². The van der Waals surface area contributed by atoms with Crippen molar-refractivity contribution in [3.8, 4) is 5.75 Å². The molecule has 0 atom stereocenters. The van der Waals surface area contributed by atoms with Crippen molar-refractivity contribution < 1.29 is 22.3 Å². The van der Waals surface area contributed by atoms with E-state index in [0.29, 0.717) is 30.9 Å². The summed E-state index contributed by atoms with van der Waals surface area (Å²) in [6.07, 6.45) is 0.848. The van der Waals surface area contributed by atoms with E-state index < -0.39 is 15.8 Å². The van der Waals surface area contributed by atoms with E-state index in [2.05, 4.69) is 5.32 Å². The summed E-state index contributed by atoms with van der Waals surface area (Å²) in [4.78, 5) is 12.6. The van der Waals surface area contributed by atoms with E-state index in [9.17, 15) is 17.6 Å². The van der Waals surface area contributed by atoms with Crippen LogP contribution in [0.5, 0.6) is 5.75 Å². The molecule has 8 heteroatoms. The second-order valence-corrected chi connectivity index (χ2v) is 8.94. The molecule has 0 aromatic heterocycles. The number of rotatable bonds is 7. The van der Waals surface area contributed by atoms with Gasteiger partial charge in [-0.05, 0) is 38.0 Å². The van der Waals surface area contributed by atoms with Gasteiger partial charge in [0, 0.05) is 36.3 Å². The number of hydrogen-bond donors (Lipinski definition) is 1. The Balaban J connectivity index is 1.56. The number of hydrogen-bond acceptors (Lipinski definition) is 4. The van der Waals surface area contributed by atoms with Crippen molar-refractivity contribution in [1.29, 1.82) is 0 Å². The van der Waals surface area contributed by atoms with E-state index in [0.717, 1.165) is 0 Å². The van der Waals surface area contributed by atoms with E-state index in [1.165, 1.54) is 22.5 Å². The van der Waals surface area contributed by atoms with Crippen molar-refractivity contribution in [2.45, 2.75) is 25.5 Å². The lowest BCUT2D eigenvalue weighted by atomic mass is 9.97. The minimum atomic E-state index is -3.63. The Kier molecular flexibility index (Phi) is 6.87. The number of amides is 1. The average molecular weight is 421 g/mol. The second-order valence-electron chi connectivity index (χ2n) is 6.97. The van der Waals surface area contributed by atoms with Crippen LogP contribution < -0.4 is 10.1 Å². The van der Waals surface area contributed by atoms with Gasteiger partial charge >= 0.3 is 0 Å². The van der Waals surface area contributed by atoms with Gasteiger partial charge in [-0.3, -0.25) is 4.79 Å². The number of sulfonamides is 1. The van der Waals surface area contributed by atoms with Gasteiger partial charge in [0.25, 0.3) is 0 Å². The van der Waals surface area contributed by atoms with E-state index in [1.807, 2.05) is 13.0 Å². The summed E-state index contributed by atoms with van der Waals surface area (Å²) in [5.41, 5.74) is 0.803. The normalized spacial score (nSPS) is 15.8. The van der Waals surface area contributed by atoms with Crippen LogP contribution in [-0.2, 0) is 20.6 Å². The summed E-state index contributed by atoms with van der Waals surface area (Å²) in [5.74, 6) is -0.629. The molecule has 2 aromatic carbocycles. The number of carbonyl (C=O) groups is 1. The summed E-state index contributed by atoms with van der Waals surface area (Å²) in [6.45, 7) is 2.91. The van der Waals surface area contributed by atoms with Crippen molar-refractivity contribution in [3.05, 3.63) is 59.9 Å². The van der Waals surface area contributed by atoms with Gasteiger partial charge < -0.3 is 10.1 Å². The molecule has 0 radical (unpaired) electrons. The highest BCUT2D eigenvalue weighted by Gasteiger charge is 2.31. The lowest BCUT2D eigenvalue weighted by Crippen LogP contribution is -2.42. The maximum atomic E-state index is 13.8. The lowest BCUT2D eigenvalue weighted by Gasteiger charge is -2.30. The number of piperidine rings is 1. The largest absolute Gasteiger partial charge is 0.494 e. The first kappa shape index (κ1) is 21.3. The van der Waals surface area contributed by atoms with Gasteiger partial charge in [0.05, 0.1) is 12.4 Å². The van der Waals surface area contributed by atoms with E-state index in [4.69, 9.17) is 4.74 Å². The first-order valence-corrected chi connectivity index (χ1v) is 11.2. The Labute approximate surface area is 170 Å². The molecule has 0 unspecified atom stereocenters. The van der Waals surface area contributed by atoms with E-state index >= 15 is 0 Å². The van der Waals surface area contributed by atoms with Gasteiger partial charge in [-0.2, -0.15) is 0 Å². The van der Waals surface area contributed by atoms with Crippen molar-refractivity contribution in [2.24, 2.45) is 5.92 Å². The molecule has 1 fully saturated rings. The molecule has 0 bridgehead atoms. The minimum absolute atomic E-state index is 0.134. The Morgan fingerprint density at radius 3 is 2.59 bits per heavy atom. The fourth-order valence-corrected chi connectivity index (χ4v) is 4.95. The molecule has 3 rings (SSSR count). The molecule has 1 aliphatic rings. The van der Waals surface area contributed by atoms with Crippen LogP contribution in [0.25, 0.3) is 0 Å². The predicted octanol–water partition coefficient (Wildman–Crippen LogP) is 3.40. The molecule has 1 heterocycles. The van der Waals surface area contributed by atoms with Crippen LogP contribution >= 0.6 is 0 Å². The summed E-state index contributed by atoms with van der Waals surface area (Å²) < 4.78 is 45.8. The quantitative estimate of drug-likeness (QED) is 0.745. The third-order valence-electron chi connectivity index (χ3n) is 4.93. The molecule has 0 spiro atoms. The minimum Gasteiger partial charge on any atom is -0.494 e. The fraction of sp³-hybridized carbons (Fsp3) is 0.381. The summed E-state index contributed by atoms with van der Waals surface area (Å²) in [6, 6.07) is 13.0. The number of halogens is 1. The van der Waals surface area contributed by atoms with Crippen molar-refractivity contribution >= 4 is 21.6 Å². The first-order chi connectivity index (χ1) is 13.9. The zero-order valence-corrected chi connectivity index (χ0v) is 17.1.